The molecular weight excluding hydrogens is 390 g/mol. The van der Waals surface area contributed by atoms with E-state index in [9.17, 15) is 0 Å². The molecule has 0 N–H and O–H groups in total. The molecule has 0 atom stereocenters. The minimum absolute atomic E-state index is 0.376. The number of rotatable bonds is 6. The molecule has 0 amide bonds. The molecule has 1 heterocycles. The van der Waals surface area contributed by atoms with Crippen molar-refractivity contribution in [2.75, 3.05) is 0 Å². The Labute approximate surface area is 186 Å². The second-order valence-corrected chi connectivity index (χ2v) is 9.77. The SMILES string of the molecule is CC(C)c1cccc(C(C)C)c1-n1n[n+](-c2c(C(C)C)cccc2C(C)C)cc1Cl. The summed E-state index contributed by atoms with van der Waals surface area (Å²) < 4.78 is 3.90. The quantitative estimate of drug-likeness (QED) is 0.380. The molecule has 3 aromatic rings. The van der Waals surface area contributed by atoms with Crippen LogP contribution in [0.2, 0.25) is 5.15 Å². The van der Waals surface area contributed by atoms with Crippen LogP contribution in [0.3, 0.4) is 0 Å². The molecule has 0 saturated carbocycles. The van der Waals surface area contributed by atoms with E-state index in [0.29, 0.717) is 28.8 Å². The van der Waals surface area contributed by atoms with Crippen LogP contribution in [0.1, 0.15) is 101 Å². The molecule has 2 aromatic carbocycles. The van der Waals surface area contributed by atoms with Gasteiger partial charge in [0.05, 0.1) is 0 Å². The maximum atomic E-state index is 6.83. The molecule has 0 aliphatic heterocycles. The van der Waals surface area contributed by atoms with Crippen LogP contribution in [0.4, 0.5) is 0 Å². The molecule has 3 nitrogen and oxygen atoms in total. The molecule has 30 heavy (non-hydrogen) atoms. The molecule has 3 rings (SSSR count). The Morgan fingerprint density at radius 2 is 1.10 bits per heavy atom. The lowest BCUT2D eigenvalue weighted by Crippen LogP contribution is -2.36. The van der Waals surface area contributed by atoms with Gasteiger partial charge in [-0.1, -0.05) is 101 Å². The fraction of sp³-hybridized carbons (Fsp3) is 0.462. The minimum Gasteiger partial charge on any atom is -0.0995 e. The Morgan fingerprint density at radius 3 is 1.50 bits per heavy atom. The number of nitrogens with zero attached hydrogens (tertiary/aromatic N) is 3. The Bertz CT molecular complexity index is 976. The first-order valence-electron chi connectivity index (χ1n) is 11.1. The van der Waals surface area contributed by atoms with Gasteiger partial charge in [0.1, 0.15) is 5.21 Å². The third-order valence-electron chi connectivity index (χ3n) is 5.74. The van der Waals surface area contributed by atoms with Crippen molar-refractivity contribution >= 4 is 11.6 Å². The van der Waals surface area contributed by atoms with Crippen molar-refractivity contribution in [2.24, 2.45) is 0 Å². The summed E-state index contributed by atoms with van der Waals surface area (Å²) in [5.41, 5.74) is 7.36. The van der Waals surface area contributed by atoms with Gasteiger partial charge in [0.25, 0.3) is 5.15 Å². The monoisotopic (exact) mass is 424 g/mol. The number of benzene rings is 2. The highest BCUT2D eigenvalue weighted by molar-refractivity contribution is 6.29. The van der Waals surface area contributed by atoms with Gasteiger partial charge < -0.3 is 0 Å². The minimum atomic E-state index is 0.376. The predicted octanol–water partition coefficient (Wildman–Crippen LogP) is 7.30. The topological polar surface area (TPSA) is 21.7 Å². The number of halogens is 1. The van der Waals surface area contributed by atoms with Crippen LogP contribution in [-0.2, 0) is 0 Å². The molecule has 0 aliphatic rings. The summed E-state index contributed by atoms with van der Waals surface area (Å²) in [6.07, 6.45) is 1.95. The first-order valence-corrected chi connectivity index (χ1v) is 11.4. The highest BCUT2D eigenvalue weighted by Gasteiger charge is 2.28. The highest BCUT2D eigenvalue weighted by Crippen LogP contribution is 2.33. The summed E-state index contributed by atoms with van der Waals surface area (Å²) in [6.45, 7) is 17.8. The zero-order chi connectivity index (χ0) is 22.2. The van der Waals surface area contributed by atoms with Gasteiger partial charge in [-0.3, -0.25) is 0 Å². The lowest BCUT2D eigenvalue weighted by molar-refractivity contribution is -0.661. The van der Waals surface area contributed by atoms with E-state index in [4.69, 9.17) is 16.8 Å². The van der Waals surface area contributed by atoms with Crippen LogP contribution < -0.4 is 4.68 Å². The highest BCUT2D eigenvalue weighted by atomic mass is 35.5. The Balaban J connectivity index is 2.30. The average molecular weight is 425 g/mol. The molecule has 0 fully saturated rings. The van der Waals surface area contributed by atoms with Gasteiger partial charge in [-0.25, -0.2) is 0 Å². The van der Waals surface area contributed by atoms with Gasteiger partial charge >= 0.3 is 0 Å². The second-order valence-electron chi connectivity index (χ2n) is 9.39. The van der Waals surface area contributed by atoms with Gasteiger partial charge in [-0.05, 0) is 35.3 Å². The Kier molecular flexibility index (Phi) is 6.71. The zero-order valence-electron chi connectivity index (χ0n) is 19.6. The summed E-state index contributed by atoms with van der Waals surface area (Å²) in [4.78, 5) is 0. The Hall–Kier alpha value is -2.13. The Morgan fingerprint density at radius 1 is 0.700 bits per heavy atom. The second kappa shape index (κ2) is 8.93. The van der Waals surface area contributed by atoms with Gasteiger partial charge in [0, 0.05) is 22.3 Å². The molecule has 4 heteroatoms. The fourth-order valence-corrected chi connectivity index (χ4v) is 4.32. The van der Waals surface area contributed by atoms with E-state index in [0.717, 1.165) is 11.4 Å². The summed E-state index contributed by atoms with van der Waals surface area (Å²) in [7, 11) is 0. The van der Waals surface area contributed by atoms with Gasteiger partial charge in [-0.15, -0.1) is 0 Å². The summed E-state index contributed by atoms with van der Waals surface area (Å²) in [5.74, 6) is 1.54. The van der Waals surface area contributed by atoms with E-state index in [1.807, 2.05) is 15.6 Å². The van der Waals surface area contributed by atoms with Crippen molar-refractivity contribution in [3.8, 4) is 11.4 Å². The third-order valence-corrected chi connectivity index (χ3v) is 6.00. The lowest BCUT2D eigenvalue weighted by Gasteiger charge is -2.16. The number of para-hydroxylation sites is 2. The molecule has 0 saturated heterocycles. The van der Waals surface area contributed by atoms with E-state index < -0.39 is 0 Å². The number of hydrogen-bond donors (Lipinski definition) is 0. The van der Waals surface area contributed by atoms with Crippen LogP contribution in [0.15, 0.2) is 42.6 Å². The first-order chi connectivity index (χ1) is 14.1. The maximum absolute atomic E-state index is 6.83. The molecule has 0 bridgehead atoms. The maximum Gasteiger partial charge on any atom is 0.264 e. The van der Waals surface area contributed by atoms with Crippen molar-refractivity contribution in [3.63, 3.8) is 0 Å². The van der Waals surface area contributed by atoms with E-state index >= 15 is 0 Å². The van der Waals surface area contributed by atoms with E-state index in [1.165, 1.54) is 22.3 Å². The van der Waals surface area contributed by atoms with Gasteiger partial charge in [0.15, 0.2) is 17.6 Å². The van der Waals surface area contributed by atoms with E-state index in [-0.39, 0.29) is 0 Å². The van der Waals surface area contributed by atoms with Crippen molar-refractivity contribution in [3.05, 3.63) is 70.0 Å². The van der Waals surface area contributed by atoms with Crippen LogP contribution in [0.5, 0.6) is 0 Å². The molecule has 0 aliphatic carbocycles. The van der Waals surface area contributed by atoms with E-state index in [2.05, 4.69) is 91.8 Å². The molecule has 0 radical (unpaired) electrons. The predicted molar refractivity (Wildman–Crippen MR) is 126 cm³/mol. The molecule has 160 valence electrons. The van der Waals surface area contributed by atoms with Gasteiger partial charge in [-0.2, -0.15) is 0 Å². The lowest BCUT2D eigenvalue weighted by atomic mass is 9.93. The largest absolute Gasteiger partial charge is 0.264 e. The molecule has 0 spiro atoms. The van der Waals surface area contributed by atoms with Crippen molar-refractivity contribution in [1.29, 1.82) is 0 Å². The summed E-state index contributed by atoms with van der Waals surface area (Å²) >= 11 is 6.83. The third kappa shape index (κ3) is 4.18. The van der Waals surface area contributed by atoms with Crippen molar-refractivity contribution in [2.45, 2.75) is 79.1 Å². The summed E-state index contributed by atoms with van der Waals surface area (Å²) in [5, 5.41) is 5.65. The van der Waals surface area contributed by atoms with Gasteiger partial charge in [0.2, 0.25) is 0 Å². The molecule has 1 aromatic heterocycles. The average Bonchev–Trinajstić information content (AvgIpc) is 3.07. The van der Waals surface area contributed by atoms with Crippen LogP contribution in [0, 0.1) is 0 Å². The van der Waals surface area contributed by atoms with Crippen LogP contribution in [-0.4, -0.2) is 9.90 Å². The van der Waals surface area contributed by atoms with Crippen molar-refractivity contribution in [1.82, 2.24) is 9.90 Å². The first kappa shape index (κ1) is 22.6. The van der Waals surface area contributed by atoms with E-state index in [1.54, 1.807) is 0 Å². The summed E-state index contributed by atoms with van der Waals surface area (Å²) in [6, 6.07) is 13.1. The van der Waals surface area contributed by atoms with Crippen molar-refractivity contribution < 1.29 is 4.68 Å². The normalized spacial score (nSPS) is 12.0. The molecular formula is C26H35ClN3+. The number of hydrogen-bond acceptors (Lipinski definition) is 1. The number of aromatic nitrogens is 3. The fourth-order valence-electron chi connectivity index (χ4n) is 4.11. The van der Waals surface area contributed by atoms with Crippen LogP contribution >= 0.6 is 11.6 Å². The van der Waals surface area contributed by atoms with Crippen LogP contribution in [0.25, 0.3) is 11.4 Å². The smallest absolute Gasteiger partial charge is 0.0995 e. The standard InChI is InChI=1S/C26H35ClN3/c1-16(2)20-11-9-12-21(17(3)4)25(20)29-15-24(27)30(28-29)26-22(18(5)6)13-10-14-23(26)19(7)8/h9-19H,1-8H3/q+1. The molecule has 0 unspecified atom stereocenters. The zero-order valence-corrected chi connectivity index (χ0v) is 20.3.